The fourth-order valence-corrected chi connectivity index (χ4v) is 4.11. The first kappa shape index (κ1) is 19.4. The molecule has 150 valence electrons. The molecule has 1 aromatic heterocycles. The van der Waals surface area contributed by atoms with E-state index in [1.165, 1.54) is 36.0 Å². The molecule has 0 bridgehead atoms. The molecule has 1 aliphatic heterocycles. The molecular weight excluding hydrogens is 356 g/mol. The van der Waals surface area contributed by atoms with E-state index in [1.54, 1.807) is 0 Å². The van der Waals surface area contributed by atoms with E-state index < -0.39 is 0 Å². The van der Waals surface area contributed by atoms with Crippen molar-refractivity contribution in [2.45, 2.75) is 39.7 Å². The summed E-state index contributed by atoms with van der Waals surface area (Å²) in [7, 11) is 0. The Kier molecular flexibility index (Phi) is 6.09. The third-order valence-corrected chi connectivity index (χ3v) is 5.68. The number of piperidine rings is 1. The topological polar surface area (TPSA) is 41.1 Å². The van der Waals surface area contributed by atoms with E-state index in [0.29, 0.717) is 5.95 Å². The lowest BCUT2D eigenvalue weighted by Gasteiger charge is -2.33. The molecule has 0 atom stereocenters. The lowest BCUT2D eigenvalue weighted by Crippen LogP contribution is -2.35. The molecule has 2 aromatic carbocycles. The Morgan fingerprint density at radius 2 is 1.66 bits per heavy atom. The molecular formula is C25H30N4. The van der Waals surface area contributed by atoms with Crippen LogP contribution < -0.4 is 10.2 Å². The van der Waals surface area contributed by atoms with Crippen LogP contribution >= 0.6 is 0 Å². The zero-order valence-electron chi connectivity index (χ0n) is 17.4. The summed E-state index contributed by atoms with van der Waals surface area (Å²) < 4.78 is 0. The van der Waals surface area contributed by atoms with Crippen LogP contribution in [0, 0.1) is 19.8 Å². The van der Waals surface area contributed by atoms with Crippen molar-refractivity contribution in [1.29, 1.82) is 0 Å². The van der Waals surface area contributed by atoms with Gasteiger partial charge >= 0.3 is 0 Å². The summed E-state index contributed by atoms with van der Waals surface area (Å²) in [5.74, 6) is 2.52. The largest absolute Gasteiger partial charge is 0.356 e. The Labute approximate surface area is 174 Å². The zero-order chi connectivity index (χ0) is 20.1. The molecule has 0 unspecified atom stereocenters. The molecule has 0 spiro atoms. The van der Waals surface area contributed by atoms with Gasteiger partial charge in [-0.1, -0.05) is 60.2 Å². The summed E-state index contributed by atoms with van der Waals surface area (Å²) in [4.78, 5) is 11.8. The van der Waals surface area contributed by atoms with Crippen molar-refractivity contribution in [3.63, 3.8) is 0 Å². The minimum Gasteiger partial charge on any atom is -0.356 e. The molecule has 4 heteroatoms. The lowest BCUT2D eigenvalue weighted by molar-refractivity contribution is 0.402. The van der Waals surface area contributed by atoms with Crippen LogP contribution in [-0.4, -0.2) is 23.1 Å². The van der Waals surface area contributed by atoms with Crippen LogP contribution in [0.15, 0.2) is 60.7 Å². The minimum atomic E-state index is 0.716. The number of aryl methyl sites for hydroxylation is 2. The van der Waals surface area contributed by atoms with Crippen molar-refractivity contribution in [2.75, 3.05) is 23.3 Å². The Morgan fingerprint density at radius 3 is 2.41 bits per heavy atom. The predicted octanol–water partition coefficient (Wildman–Crippen LogP) is 5.16. The molecule has 1 N–H and O–H groups in total. The van der Waals surface area contributed by atoms with Crippen molar-refractivity contribution in [3.8, 4) is 0 Å². The quantitative estimate of drug-likeness (QED) is 0.635. The van der Waals surface area contributed by atoms with Crippen LogP contribution in [0.5, 0.6) is 0 Å². The van der Waals surface area contributed by atoms with Gasteiger partial charge in [0.05, 0.1) is 0 Å². The van der Waals surface area contributed by atoms with Gasteiger partial charge in [0.15, 0.2) is 0 Å². The maximum Gasteiger partial charge on any atom is 0.225 e. The Morgan fingerprint density at radius 1 is 0.897 bits per heavy atom. The molecule has 1 saturated heterocycles. The fraction of sp³-hybridized carbons (Fsp3) is 0.360. The van der Waals surface area contributed by atoms with Crippen molar-refractivity contribution in [3.05, 3.63) is 83.0 Å². The third-order valence-electron chi connectivity index (χ3n) is 5.68. The van der Waals surface area contributed by atoms with E-state index in [4.69, 9.17) is 4.98 Å². The van der Waals surface area contributed by atoms with Gasteiger partial charge in [0.2, 0.25) is 5.95 Å². The number of aromatic nitrogens is 2. The molecule has 0 saturated carbocycles. The van der Waals surface area contributed by atoms with E-state index in [1.807, 2.05) is 6.92 Å². The second-order valence-electron chi connectivity index (χ2n) is 8.15. The van der Waals surface area contributed by atoms with E-state index >= 15 is 0 Å². The molecule has 4 rings (SSSR count). The number of benzene rings is 2. The van der Waals surface area contributed by atoms with Gasteiger partial charge in [-0.15, -0.1) is 0 Å². The van der Waals surface area contributed by atoms with Crippen LogP contribution in [0.1, 0.15) is 35.2 Å². The van der Waals surface area contributed by atoms with Crippen molar-refractivity contribution in [2.24, 2.45) is 5.92 Å². The standard InChI is InChI=1S/C25H30N4/c1-19-7-6-10-23(15-19)18-26-25-27-20(2)16-24(28-25)29-13-11-22(12-14-29)17-21-8-4-3-5-9-21/h3-10,15-16,22H,11-14,17-18H2,1-2H3,(H,26,27,28). The van der Waals surface area contributed by atoms with Gasteiger partial charge in [-0.05, 0) is 50.2 Å². The Balaban J connectivity index is 1.36. The van der Waals surface area contributed by atoms with Gasteiger partial charge in [-0.3, -0.25) is 0 Å². The molecule has 0 radical (unpaired) electrons. The van der Waals surface area contributed by atoms with Crippen molar-refractivity contribution >= 4 is 11.8 Å². The Hall–Kier alpha value is -2.88. The highest BCUT2D eigenvalue weighted by atomic mass is 15.2. The molecule has 3 aromatic rings. The van der Waals surface area contributed by atoms with Gasteiger partial charge < -0.3 is 10.2 Å². The van der Waals surface area contributed by atoms with E-state index in [9.17, 15) is 0 Å². The van der Waals surface area contributed by atoms with E-state index in [0.717, 1.165) is 37.1 Å². The average molecular weight is 387 g/mol. The summed E-state index contributed by atoms with van der Waals surface area (Å²) in [6.07, 6.45) is 3.61. The monoisotopic (exact) mass is 386 g/mol. The average Bonchev–Trinajstić information content (AvgIpc) is 2.73. The van der Waals surface area contributed by atoms with Crippen LogP contribution in [0.3, 0.4) is 0 Å². The summed E-state index contributed by atoms with van der Waals surface area (Å²) >= 11 is 0. The Bertz CT molecular complexity index is 931. The molecule has 2 heterocycles. The van der Waals surface area contributed by atoms with Crippen LogP contribution in [-0.2, 0) is 13.0 Å². The van der Waals surface area contributed by atoms with Gasteiger partial charge in [0.25, 0.3) is 0 Å². The number of hydrogen-bond donors (Lipinski definition) is 1. The first-order valence-corrected chi connectivity index (χ1v) is 10.6. The van der Waals surface area contributed by atoms with Crippen molar-refractivity contribution in [1.82, 2.24) is 9.97 Å². The molecule has 29 heavy (non-hydrogen) atoms. The highest BCUT2D eigenvalue weighted by molar-refractivity contribution is 5.45. The number of anilines is 2. The van der Waals surface area contributed by atoms with Crippen LogP contribution in [0.4, 0.5) is 11.8 Å². The summed E-state index contributed by atoms with van der Waals surface area (Å²) in [5.41, 5.74) is 4.98. The fourth-order valence-electron chi connectivity index (χ4n) is 4.11. The van der Waals surface area contributed by atoms with E-state index in [2.05, 4.69) is 82.8 Å². The molecule has 4 nitrogen and oxygen atoms in total. The van der Waals surface area contributed by atoms with E-state index in [-0.39, 0.29) is 0 Å². The first-order valence-electron chi connectivity index (χ1n) is 10.6. The summed E-state index contributed by atoms with van der Waals surface area (Å²) in [6, 6.07) is 21.5. The van der Waals surface area contributed by atoms with Gasteiger partial charge in [-0.2, -0.15) is 4.98 Å². The zero-order valence-corrected chi connectivity index (χ0v) is 17.4. The maximum atomic E-state index is 4.81. The molecule has 0 aliphatic carbocycles. The number of hydrogen-bond acceptors (Lipinski definition) is 4. The molecule has 1 aliphatic rings. The number of nitrogens with zero attached hydrogens (tertiary/aromatic N) is 3. The summed E-state index contributed by atoms with van der Waals surface area (Å²) in [5, 5.41) is 3.40. The second kappa shape index (κ2) is 9.08. The minimum absolute atomic E-state index is 0.716. The highest BCUT2D eigenvalue weighted by Gasteiger charge is 2.21. The van der Waals surface area contributed by atoms with Crippen LogP contribution in [0.2, 0.25) is 0 Å². The summed E-state index contributed by atoms with van der Waals surface area (Å²) in [6.45, 7) is 7.03. The van der Waals surface area contributed by atoms with Gasteiger partial charge in [-0.25, -0.2) is 4.98 Å². The number of nitrogens with one attached hydrogen (secondary N) is 1. The second-order valence-corrected chi connectivity index (χ2v) is 8.15. The molecule has 0 amide bonds. The van der Waals surface area contributed by atoms with Gasteiger partial charge in [0.1, 0.15) is 5.82 Å². The normalized spacial score (nSPS) is 14.8. The molecule has 1 fully saturated rings. The lowest BCUT2D eigenvalue weighted by atomic mass is 9.90. The highest BCUT2D eigenvalue weighted by Crippen LogP contribution is 2.25. The van der Waals surface area contributed by atoms with Crippen molar-refractivity contribution < 1.29 is 0 Å². The predicted molar refractivity (Wildman–Crippen MR) is 120 cm³/mol. The number of rotatable bonds is 6. The third kappa shape index (κ3) is 5.35. The smallest absolute Gasteiger partial charge is 0.225 e. The SMILES string of the molecule is Cc1cccc(CNc2nc(C)cc(N3CCC(Cc4ccccc4)CC3)n2)c1. The van der Waals surface area contributed by atoms with Crippen LogP contribution in [0.25, 0.3) is 0 Å². The first-order chi connectivity index (χ1) is 14.2. The van der Waals surface area contributed by atoms with Gasteiger partial charge in [0, 0.05) is 31.4 Å². The maximum absolute atomic E-state index is 4.81.